The molecule has 1 saturated heterocycles. The zero-order valence-corrected chi connectivity index (χ0v) is 17.3. The fourth-order valence-electron chi connectivity index (χ4n) is 5.71. The summed E-state index contributed by atoms with van der Waals surface area (Å²) in [6, 6.07) is 6.21. The molecule has 29 heavy (non-hydrogen) atoms. The molecule has 0 aromatic heterocycles. The largest absolute Gasteiger partial charge is 0.454 e. The van der Waals surface area contributed by atoms with Crippen LogP contribution < -0.4 is 9.47 Å². The summed E-state index contributed by atoms with van der Waals surface area (Å²) in [5.41, 5.74) is 1.26. The fraction of sp³-hybridized carbons (Fsp3) is 0.739. The molecule has 0 radical (unpaired) electrons. The maximum Gasteiger partial charge on any atom is 0.231 e. The number of aliphatic hydroxyl groups excluding tert-OH is 1. The second-order valence-electron chi connectivity index (χ2n) is 9.39. The van der Waals surface area contributed by atoms with Crippen molar-refractivity contribution in [2.75, 3.05) is 52.7 Å². The Balaban J connectivity index is 0.989. The third kappa shape index (κ3) is 4.71. The van der Waals surface area contributed by atoms with E-state index in [9.17, 15) is 5.11 Å². The van der Waals surface area contributed by atoms with Crippen molar-refractivity contribution in [1.29, 1.82) is 0 Å². The number of fused-ring (bicyclic) bond motifs is 3. The molecule has 2 aliphatic heterocycles. The van der Waals surface area contributed by atoms with Gasteiger partial charge < -0.3 is 19.3 Å². The van der Waals surface area contributed by atoms with E-state index in [4.69, 9.17) is 14.2 Å². The van der Waals surface area contributed by atoms with Gasteiger partial charge in [-0.3, -0.25) is 9.80 Å². The zero-order valence-electron chi connectivity index (χ0n) is 17.3. The van der Waals surface area contributed by atoms with E-state index in [1.807, 2.05) is 6.07 Å². The van der Waals surface area contributed by atoms with Crippen LogP contribution in [0.2, 0.25) is 0 Å². The summed E-state index contributed by atoms with van der Waals surface area (Å²) in [6.07, 6.45) is 5.23. The highest BCUT2D eigenvalue weighted by molar-refractivity contribution is 5.44. The number of aliphatic hydroxyl groups is 1. The van der Waals surface area contributed by atoms with Gasteiger partial charge in [0, 0.05) is 45.9 Å². The Bertz CT molecular complexity index is 691. The van der Waals surface area contributed by atoms with Gasteiger partial charge in [0.2, 0.25) is 6.79 Å². The van der Waals surface area contributed by atoms with E-state index < -0.39 is 0 Å². The summed E-state index contributed by atoms with van der Waals surface area (Å²) in [5, 5.41) is 10.4. The van der Waals surface area contributed by atoms with Gasteiger partial charge in [-0.25, -0.2) is 0 Å². The number of benzene rings is 1. The third-order valence-electron chi connectivity index (χ3n) is 7.30. The van der Waals surface area contributed by atoms with Crippen molar-refractivity contribution in [3.05, 3.63) is 23.8 Å². The van der Waals surface area contributed by atoms with Crippen molar-refractivity contribution >= 4 is 0 Å². The first-order chi connectivity index (χ1) is 14.2. The number of nitrogens with zero attached hydrogens (tertiary/aromatic N) is 2. The molecule has 5 rings (SSSR count). The van der Waals surface area contributed by atoms with Gasteiger partial charge in [0.05, 0.1) is 12.7 Å². The Hall–Kier alpha value is -1.34. The average Bonchev–Trinajstić information content (AvgIpc) is 3.46. The molecule has 4 atom stereocenters. The lowest BCUT2D eigenvalue weighted by atomic mass is 9.90. The predicted molar refractivity (Wildman–Crippen MR) is 110 cm³/mol. The Kier molecular flexibility index (Phi) is 5.95. The van der Waals surface area contributed by atoms with E-state index >= 15 is 0 Å². The van der Waals surface area contributed by atoms with Crippen molar-refractivity contribution < 1.29 is 19.3 Å². The predicted octanol–water partition coefficient (Wildman–Crippen LogP) is 2.35. The van der Waals surface area contributed by atoms with Crippen LogP contribution in [0.5, 0.6) is 11.5 Å². The van der Waals surface area contributed by atoms with Crippen molar-refractivity contribution in [3.8, 4) is 11.5 Å². The molecule has 6 nitrogen and oxygen atoms in total. The second-order valence-corrected chi connectivity index (χ2v) is 9.39. The summed E-state index contributed by atoms with van der Waals surface area (Å²) < 4.78 is 16.8. The summed E-state index contributed by atoms with van der Waals surface area (Å²) in [6.45, 7) is 7.33. The van der Waals surface area contributed by atoms with Crippen molar-refractivity contribution in [2.24, 2.45) is 17.8 Å². The molecule has 3 fully saturated rings. The van der Waals surface area contributed by atoms with Crippen LogP contribution in [-0.4, -0.2) is 73.7 Å². The van der Waals surface area contributed by atoms with E-state index in [0.717, 1.165) is 68.6 Å². The number of piperazine rings is 1. The molecule has 4 aliphatic rings. The van der Waals surface area contributed by atoms with E-state index in [0.29, 0.717) is 19.9 Å². The van der Waals surface area contributed by atoms with Gasteiger partial charge in [-0.2, -0.15) is 0 Å². The van der Waals surface area contributed by atoms with Gasteiger partial charge in [-0.1, -0.05) is 12.5 Å². The molecule has 0 spiro atoms. The maximum atomic E-state index is 10.4. The van der Waals surface area contributed by atoms with Crippen LogP contribution in [0.4, 0.5) is 0 Å². The highest BCUT2D eigenvalue weighted by atomic mass is 16.7. The normalized spacial score (nSPS) is 30.2. The molecule has 2 aliphatic carbocycles. The molecule has 2 saturated carbocycles. The van der Waals surface area contributed by atoms with E-state index in [1.54, 1.807) is 0 Å². The maximum absolute atomic E-state index is 10.4. The molecule has 0 unspecified atom stereocenters. The minimum absolute atomic E-state index is 0.325. The summed E-state index contributed by atoms with van der Waals surface area (Å²) in [7, 11) is 0. The molecule has 2 heterocycles. The SMILES string of the molecule is O[C@@H](COC[C@@H]1C[C@@H]2CC[C@@H]1C2)CN1CCN(Cc2ccc3c(c2)OCO3)CC1. The second kappa shape index (κ2) is 8.80. The molecule has 1 N–H and O–H groups in total. The van der Waals surface area contributed by atoms with Crippen LogP contribution in [0.1, 0.15) is 31.2 Å². The minimum atomic E-state index is -0.381. The molecular formula is C23H34N2O4. The molecular weight excluding hydrogens is 368 g/mol. The summed E-state index contributed by atoms with van der Waals surface area (Å²) in [4.78, 5) is 4.83. The van der Waals surface area contributed by atoms with Crippen LogP contribution in [0.15, 0.2) is 18.2 Å². The molecule has 1 aromatic carbocycles. The highest BCUT2D eigenvalue weighted by Crippen LogP contribution is 2.48. The molecule has 2 bridgehead atoms. The zero-order chi connectivity index (χ0) is 19.6. The van der Waals surface area contributed by atoms with Crippen molar-refractivity contribution in [3.63, 3.8) is 0 Å². The lowest BCUT2D eigenvalue weighted by molar-refractivity contribution is -0.00897. The fourth-order valence-corrected chi connectivity index (χ4v) is 5.71. The number of rotatable bonds is 8. The van der Waals surface area contributed by atoms with Crippen LogP contribution in [0, 0.1) is 17.8 Å². The Morgan fingerprint density at radius 3 is 2.66 bits per heavy atom. The highest BCUT2D eigenvalue weighted by Gasteiger charge is 2.39. The molecule has 1 aromatic rings. The van der Waals surface area contributed by atoms with Crippen molar-refractivity contribution in [2.45, 2.75) is 38.3 Å². The first-order valence-corrected chi connectivity index (χ1v) is 11.3. The van der Waals surface area contributed by atoms with Crippen LogP contribution in [-0.2, 0) is 11.3 Å². The first kappa shape index (κ1) is 19.6. The third-order valence-corrected chi connectivity index (χ3v) is 7.30. The van der Waals surface area contributed by atoms with Gasteiger partial charge >= 0.3 is 0 Å². The smallest absolute Gasteiger partial charge is 0.231 e. The number of ether oxygens (including phenoxy) is 3. The number of hydrogen-bond acceptors (Lipinski definition) is 6. The van der Waals surface area contributed by atoms with Gasteiger partial charge in [-0.05, 0) is 54.7 Å². The Labute approximate surface area is 173 Å². The van der Waals surface area contributed by atoms with Crippen LogP contribution >= 0.6 is 0 Å². The van der Waals surface area contributed by atoms with E-state index in [-0.39, 0.29) is 6.10 Å². The number of β-amino-alcohol motifs (C(OH)–C–C–N with tert-alkyl or cyclic N) is 1. The summed E-state index contributed by atoms with van der Waals surface area (Å²) >= 11 is 0. The van der Waals surface area contributed by atoms with Gasteiger partial charge in [0.25, 0.3) is 0 Å². The lowest BCUT2D eigenvalue weighted by Crippen LogP contribution is -2.48. The summed E-state index contributed by atoms with van der Waals surface area (Å²) in [5.74, 6) is 4.31. The number of hydrogen-bond donors (Lipinski definition) is 1. The van der Waals surface area contributed by atoms with Gasteiger partial charge in [0.1, 0.15) is 0 Å². The Morgan fingerprint density at radius 2 is 1.86 bits per heavy atom. The Morgan fingerprint density at radius 1 is 1.03 bits per heavy atom. The van der Waals surface area contributed by atoms with Gasteiger partial charge in [0.15, 0.2) is 11.5 Å². The minimum Gasteiger partial charge on any atom is -0.454 e. The van der Waals surface area contributed by atoms with Gasteiger partial charge in [-0.15, -0.1) is 0 Å². The monoisotopic (exact) mass is 402 g/mol. The molecule has 6 heteroatoms. The van der Waals surface area contributed by atoms with Crippen LogP contribution in [0.3, 0.4) is 0 Å². The van der Waals surface area contributed by atoms with E-state index in [1.165, 1.54) is 31.2 Å². The van der Waals surface area contributed by atoms with Crippen LogP contribution in [0.25, 0.3) is 0 Å². The first-order valence-electron chi connectivity index (χ1n) is 11.3. The quantitative estimate of drug-likeness (QED) is 0.720. The average molecular weight is 403 g/mol. The van der Waals surface area contributed by atoms with E-state index in [2.05, 4.69) is 21.9 Å². The lowest BCUT2D eigenvalue weighted by Gasteiger charge is -2.35. The topological polar surface area (TPSA) is 54.4 Å². The standard InChI is InChI=1S/C23H34N2O4/c26-21(15-27-14-20-10-17-1-3-19(20)9-17)13-25-7-5-24(6-8-25)12-18-2-4-22-23(11-18)29-16-28-22/h2,4,11,17,19-21,26H,1,3,5-10,12-16H2/t17-,19-,20+,21-/m1/s1. The van der Waals surface area contributed by atoms with Crippen molar-refractivity contribution in [1.82, 2.24) is 9.80 Å². The molecule has 160 valence electrons. The molecule has 0 amide bonds.